The van der Waals surface area contributed by atoms with Crippen LogP contribution in [0.25, 0.3) is 0 Å². The number of carboxylic acids is 2. The molecule has 1 aromatic rings. The van der Waals surface area contributed by atoms with Gasteiger partial charge in [-0.25, -0.2) is 9.59 Å². The number of urea groups is 1. The second-order valence-electron chi connectivity index (χ2n) is 3.83. The summed E-state index contributed by atoms with van der Waals surface area (Å²) < 4.78 is 0. The van der Waals surface area contributed by atoms with Gasteiger partial charge in [-0.05, 0) is 12.8 Å². The van der Waals surface area contributed by atoms with E-state index < -0.39 is 24.0 Å². The van der Waals surface area contributed by atoms with Gasteiger partial charge in [-0.2, -0.15) is 5.21 Å². The number of aromatic nitrogens is 4. The molecule has 1 rings (SSSR count). The summed E-state index contributed by atoms with van der Waals surface area (Å²) in [6.45, 7) is -0.0101. The number of hydrogen-bond donors (Lipinski definition) is 5. The first-order chi connectivity index (χ1) is 9.49. The number of nitrogens with one attached hydrogen (secondary N) is 3. The van der Waals surface area contributed by atoms with Gasteiger partial charge in [0.2, 0.25) is 0 Å². The van der Waals surface area contributed by atoms with E-state index >= 15 is 0 Å². The lowest BCUT2D eigenvalue weighted by Gasteiger charge is -2.14. The molecule has 2 amide bonds. The van der Waals surface area contributed by atoms with Crippen LogP contribution in [-0.4, -0.2) is 54.8 Å². The summed E-state index contributed by atoms with van der Waals surface area (Å²) in [5.41, 5.74) is 0. The monoisotopic (exact) mass is 286 g/mol. The lowest BCUT2D eigenvalue weighted by atomic mass is 10.1. The summed E-state index contributed by atoms with van der Waals surface area (Å²) in [6, 6.07) is -1.86. The first kappa shape index (κ1) is 15.3. The zero-order chi connectivity index (χ0) is 15.0. The normalized spacial score (nSPS) is 11.6. The quantitative estimate of drug-likeness (QED) is 0.392. The summed E-state index contributed by atoms with van der Waals surface area (Å²) in [5, 5.41) is 34.6. The molecule has 0 unspecified atom stereocenters. The Balaban J connectivity index is 2.34. The minimum absolute atomic E-state index is 0.0101. The molecule has 0 aliphatic heterocycles. The van der Waals surface area contributed by atoms with E-state index in [1.54, 1.807) is 0 Å². The molecule has 20 heavy (non-hydrogen) atoms. The maximum absolute atomic E-state index is 11.5. The molecule has 0 saturated heterocycles. The maximum atomic E-state index is 11.5. The Bertz CT molecular complexity index is 461. The number of carbonyl (C=O) groups excluding carboxylic acids is 1. The van der Waals surface area contributed by atoms with Crippen LogP contribution in [0.1, 0.15) is 25.1 Å². The average molecular weight is 286 g/mol. The molecule has 0 aliphatic carbocycles. The molecule has 0 fully saturated rings. The van der Waals surface area contributed by atoms with Crippen molar-refractivity contribution in [1.29, 1.82) is 0 Å². The van der Waals surface area contributed by atoms with E-state index in [2.05, 4.69) is 31.3 Å². The van der Waals surface area contributed by atoms with E-state index in [1.165, 1.54) is 0 Å². The van der Waals surface area contributed by atoms with Gasteiger partial charge in [0.25, 0.3) is 0 Å². The van der Waals surface area contributed by atoms with Gasteiger partial charge >= 0.3 is 18.0 Å². The first-order valence-electron chi connectivity index (χ1n) is 5.70. The third kappa shape index (κ3) is 5.75. The minimum atomic E-state index is -1.23. The number of aliphatic carboxylic acids is 2. The summed E-state index contributed by atoms with van der Waals surface area (Å²) in [5.74, 6) is -2.00. The van der Waals surface area contributed by atoms with E-state index in [1.807, 2.05) is 0 Å². The van der Waals surface area contributed by atoms with Crippen LogP contribution in [0.5, 0.6) is 0 Å². The van der Waals surface area contributed by atoms with Gasteiger partial charge in [0.1, 0.15) is 6.04 Å². The zero-order valence-electron chi connectivity index (χ0n) is 10.4. The third-order valence-corrected chi connectivity index (χ3v) is 2.28. The number of carboxylic acid groups (broad SMARTS) is 2. The number of amides is 2. The van der Waals surface area contributed by atoms with E-state index in [4.69, 9.17) is 10.2 Å². The van der Waals surface area contributed by atoms with Crippen molar-refractivity contribution in [3.63, 3.8) is 0 Å². The number of tetrazole rings is 1. The highest BCUT2D eigenvalue weighted by Crippen LogP contribution is 2.01. The van der Waals surface area contributed by atoms with Crippen molar-refractivity contribution in [2.24, 2.45) is 0 Å². The Labute approximate surface area is 112 Å². The second-order valence-corrected chi connectivity index (χ2v) is 3.83. The number of H-pyrrole nitrogens is 1. The predicted octanol–water partition coefficient (Wildman–Crippen LogP) is -1.29. The van der Waals surface area contributed by atoms with Crippen molar-refractivity contribution in [3.8, 4) is 0 Å². The Kier molecular flexibility index (Phi) is 5.87. The molecule has 1 heterocycles. The van der Waals surface area contributed by atoms with Crippen molar-refractivity contribution in [1.82, 2.24) is 31.3 Å². The van der Waals surface area contributed by atoms with Crippen molar-refractivity contribution < 1.29 is 24.6 Å². The molecular formula is C9H14N6O5. The van der Waals surface area contributed by atoms with E-state index in [-0.39, 0.29) is 31.6 Å². The van der Waals surface area contributed by atoms with Gasteiger partial charge in [-0.15, -0.1) is 10.2 Å². The summed E-state index contributed by atoms with van der Waals surface area (Å²) in [6.07, 6.45) is 0.0185. The topological polar surface area (TPSA) is 170 Å². The molecule has 1 aromatic heterocycles. The lowest BCUT2D eigenvalue weighted by molar-refractivity contribution is -0.140. The fourth-order valence-corrected chi connectivity index (χ4v) is 1.34. The Morgan fingerprint density at radius 2 is 2.05 bits per heavy atom. The van der Waals surface area contributed by atoms with Crippen molar-refractivity contribution in [3.05, 3.63) is 5.82 Å². The molecular weight excluding hydrogens is 272 g/mol. The summed E-state index contributed by atoms with van der Waals surface area (Å²) in [4.78, 5) is 32.7. The Morgan fingerprint density at radius 3 is 2.60 bits per heavy atom. The van der Waals surface area contributed by atoms with Crippen LogP contribution >= 0.6 is 0 Å². The molecule has 11 nitrogen and oxygen atoms in total. The van der Waals surface area contributed by atoms with Crippen molar-refractivity contribution >= 4 is 18.0 Å². The fraction of sp³-hybridized carbons (Fsp3) is 0.556. The summed E-state index contributed by atoms with van der Waals surface area (Å²) in [7, 11) is 0. The van der Waals surface area contributed by atoms with Gasteiger partial charge < -0.3 is 20.8 Å². The van der Waals surface area contributed by atoms with Crippen molar-refractivity contribution in [2.45, 2.75) is 31.8 Å². The zero-order valence-corrected chi connectivity index (χ0v) is 10.4. The van der Waals surface area contributed by atoms with E-state index in [0.29, 0.717) is 0 Å². The largest absolute Gasteiger partial charge is 0.481 e. The number of nitrogens with zero attached hydrogens (tertiary/aromatic N) is 3. The minimum Gasteiger partial charge on any atom is -0.481 e. The smallest absolute Gasteiger partial charge is 0.326 e. The van der Waals surface area contributed by atoms with Gasteiger partial charge in [0, 0.05) is 6.42 Å². The molecule has 110 valence electrons. The van der Waals surface area contributed by atoms with Crippen LogP contribution in [0.4, 0.5) is 4.79 Å². The van der Waals surface area contributed by atoms with Gasteiger partial charge in [0.15, 0.2) is 5.82 Å². The predicted molar refractivity (Wildman–Crippen MR) is 62.5 cm³/mol. The number of rotatable bonds is 8. The average Bonchev–Trinajstić information content (AvgIpc) is 2.87. The third-order valence-electron chi connectivity index (χ3n) is 2.28. The number of aromatic amines is 1. The molecule has 0 radical (unpaired) electrons. The van der Waals surface area contributed by atoms with Crippen LogP contribution in [0.15, 0.2) is 0 Å². The number of hydrogen-bond acceptors (Lipinski definition) is 6. The Morgan fingerprint density at radius 1 is 1.30 bits per heavy atom. The highest BCUT2D eigenvalue weighted by Gasteiger charge is 2.19. The SMILES string of the molecule is O=C(O)CCC[C@@H](NC(=O)NCc1nn[nH]n1)C(=O)O. The molecule has 0 spiro atoms. The van der Waals surface area contributed by atoms with Crippen LogP contribution in [0, 0.1) is 0 Å². The first-order valence-corrected chi connectivity index (χ1v) is 5.70. The standard InChI is InChI=1S/C9H14N6O5/c16-7(17)3-1-2-5(8(18)19)11-9(20)10-4-6-12-14-15-13-6/h5H,1-4H2,(H,16,17)(H,18,19)(H2,10,11,20)(H,12,13,14,15)/t5-/m1/s1. The lowest BCUT2D eigenvalue weighted by Crippen LogP contribution is -2.45. The van der Waals surface area contributed by atoms with Crippen molar-refractivity contribution in [2.75, 3.05) is 0 Å². The van der Waals surface area contributed by atoms with E-state index in [0.717, 1.165) is 0 Å². The maximum Gasteiger partial charge on any atom is 0.326 e. The van der Waals surface area contributed by atoms with E-state index in [9.17, 15) is 14.4 Å². The number of carbonyl (C=O) groups is 3. The molecule has 0 aromatic carbocycles. The highest BCUT2D eigenvalue weighted by atomic mass is 16.4. The summed E-state index contributed by atoms with van der Waals surface area (Å²) >= 11 is 0. The van der Waals surface area contributed by atoms with Gasteiger partial charge in [-0.1, -0.05) is 5.21 Å². The Hall–Kier alpha value is -2.72. The van der Waals surface area contributed by atoms with Crippen LogP contribution in [0.3, 0.4) is 0 Å². The van der Waals surface area contributed by atoms with Gasteiger partial charge in [0.05, 0.1) is 6.54 Å². The van der Waals surface area contributed by atoms with Crippen LogP contribution < -0.4 is 10.6 Å². The van der Waals surface area contributed by atoms with Crippen LogP contribution in [-0.2, 0) is 16.1 Å². The second kappa shape index (κ2) is 7.66. The molecule has 0 bridgehead atoms. The molecule has 0 aliphatic rings. The van der Waals surface area contributed by atoms with Gasteiger partial charge in [-0.3, -0.25) is 4.79 Å². The molecule has 0 saturated carbocycles. The fourth-order valence-electron chi connectivity index (χ4n) is 1.34. The molecule has 11 heteroatoms. The van der Waals surface area contributed by atoms with Crippen LogP contribution in [0.2, 0.25) is 0 Å². The molecule has 5 N–H and O–H groups in total. The highest BCUT2D eigenvalue weighted by molar-refractivity contribution is 5.82. The molecule has 1 atom stereocenters.